The largest absolute Gasteiger partial charge is 0.478 e. The van der Waals surface area contributed by atoms with Crippen LogP contribution in [0.2, 0.25) is 0 Å². The second-order valence-corrected chi connectivity index (χ2v) is 8.05. The third-order valence-electron chi connectivity index (χ3n) is 5.60. The average molecular weight is 487 g/mol. The van der Waals surface area contributed by atoms with Crippen LogP contribution in [-0.4, -0.2) is 52.4 Å². The Morgan fingerprint density at radius 1 is 1.14 bits per heavy atom. The number of aliphatic carboxylic acids is 1. The number of allylic oxidation sites excluding steroid dienone is 1. The van der Waals surface area contributed by atoms with Crippen molar-refractivity contribution in [3.63, 3.8) is 0 Å². The first-order valence-corrected chi connectivity index (χ1v) is 10.9. The Kier molecular flexibility index (Phi) is 7.06. The van der Waals surface area contributed by atoms with Gasteiger partial charge in [0.1, 0.15) is 5.69 Å². The maximum atomic E-state index is 12.8. The van der Waals surface area contributed by atoms with Crippen LogP contribution in [0.3, 0.4) is 0 Å². The molecule has 3 aromatic rings. The summed E-state index contributed by atoms with van der Waals surface area (Å²) in [5.74, 6) is -1.03. The van der Waals surface area contributed by atoms with E-state index in [1.54, 1.807) is 17.8 Å². The summed E-state index contributed by atoms with van der Waals surface area (Å²) in [6.07, 6.45) is -1.50. The molecular weight excluding hydrogens is 463 g/mol. The van der Waals surface area contributed by atoms with Gasteiger partial charge in [0.25, 0.3) is 0 Å². The summed E-state index contributed by atoms with van der Waals surface area (Å²) in [6.45, 7) is 4.58. The lowest BCUT2D eigenvalue weighted by Crippen LogP contribution is -2.36. The first-order valence-electron chi connectivity index (χ1n) is 10.9. The van der Waals surface area contributed by atoms with Crippen molar-refractivity contribution < 1.29 is 27.8 Å². The maximum Gasteiger partial charge on any atom is 0.416 e. The van der Waals surface area contributed by atoms with Gasteiger partial charge < -0.3 is 20.1 Å². The monoisotopic (exact) mass is 487 g/mol. The first-order chi connectivity index (χ1) is 16.7. The van der Waals surface area contributed by atoms with Crippen molar-refractivity contribution in [2.75, 3.05) is 36.5 Å². The molecule has 0 atom stereocenters. The molecule has 184 valence electrons. The van der Waals surface area contributed by atoms with Crippen LogP contribution in [0.25, 0.3) is 11.3 Å². The summed E-state index contributed by atoms with van der Waals surface area (Å²) in [5.41, 5.74) is 3.37. The number of carboxylic acids is 1. The van der Waals surface area contributed by atoms with Gasteiger partial charge in [-0.15, -0.1) is 5.10 Å². The zero-order chi connectivity index (χ0) is 25.0. The van der Waals surface area contributed by atoms with E-state index in [2.05, 4.69) is 20.5 Å². The number of anilines is 2. The number of nitrogens with zero attached hydrogens (tertiary/aromatic N) is 4. The van der Waals surface area contributed by atoms with Crippen LogP contribution in [0.4, 0.5) is 24.5 Å². The topological polar surface area (TPSA) is 92.5 Å². The molecule has 8 nitrogen and oxygen atoms in total. The number of alkyl halides is 3. The lowest BCUT2D eigenvalue weighted by molar-refractivity contribution is -0.137. The Balaban J connectivity index is 1.57. The minimum atomic E-state index is -4.38. The number of hydrogen-bond acceptors (Lipinski definition) is 6. The molecule has 35 heavy (non-hydrogen) atoms. The van der Waals surface area contributed by atoms with E-state index in [-0.39, 0.29) is 6.54 Å². The van der Waals surface area contributed by atoms with Gasteiger partial charge >= 0.3 is 12.1 Å². The van der Waals surface area contributed by atoms with E-state index in [1.807, 2.05) is 18.2 Å². The molecule has 0 aliphatic carbocycles. The van der Waals surface area contributed by atoms with Gasteiger partial charge in [-0.3, -0.25) is 0 Å². The van der Waals surface area contributed by atoms with Crippen molar-refractivity contribution >= 4 is 22.9 Å². The van der Waals surface area contributed by atoms with Crippen LogP contribution < -0.4 is 10.2 Å². The van der Waals surface area contributed by atoms with Gasteiger partial charge in [0.15, 0.2) is 0 Å². The minimum Gasteiger partial charge on any atom is -0.478 e. The molecular formula is C24H24F3N5O3. The van der Waals surface area contributed by atoms with E-state index < -0.39 is 17.7 Å². The number of nitrogens with one attached hydrogen (secondary N) is 1. The lowest BCUT2D eigenvalue weighted by Gasteiger charge is -2.30. The smallest absolute Gasteiger partial charge is 0.416 e. The van der Waals surface area contributed by atoms with Crippen LogP contribution >= 0.6 is 0 Å². The van der Waals surface area contributed by atoms with E-state index >= 15 is 0 Å². The van der Waals surface area contributed by atoms with Crippen molar-refractivity contribution in [1.82, 2.24) is 15.0 Å². The van der Waals surface area contributed by atoms with Crippen LogP contribution in [0.1, 0.15) is 23.7 Å². The Morgan fingerprint density at radius 2 is 1.86 bits per heavy atom. The molecule has 0 unspecified atom stereocenters. The van der Waals surface area contributed by atoms with Gasteiger partial charge in [-0.05, 0) is 54.5 Å². The number of carboxylic acid groups (broad SMARTS) is 1. The van der Waals surface area contributed by atoms with Gasteiger partial charge in [0.2, 0.25) is 0 Å². The molecule has 2 heterocycles. The third kappa shape index (κ3) is 5.99. The van der Waals surface area contributed by atoms with E-state index in [1.165, 1.54) is 12.1 Å². The second kappa shape index (κ2) is 10.2. The Bertz CT molecular complexity index is 1220. The van der Waals surface area contributed by atoms with Gasteiger partial charge in [0, 0.05) is 24.9 Å². The first kappa shape index (κ1) is 24.3. The van der Waals surface area contributed by atoms with Crippen molar-refractivity contribution in [2.24, 2.45) is 0 Å². The van der Waals surface area contributed by atoms with Gasteiger partial charge in [-0.25, -0.2) is 9.48 Å². The molecule has 1 aliphatic rings. The number of rotatable bonds is 7. The number of morpholine rings is 1. The molecule has 11 heteroatoms. The quantitative estimate of drug-likeness (QED) is 0.482. The zero-order valence-corrected chi connectivity index (χ0v) is 18.9. The molecule has 1 fully saturated rings. The fraction of sp³-hybridized carbons (Fsp3) is 0.292. The summed E-state index contributed by atoms with van der Waals surface area (Å²) < 4.78 is 45.3. The highest BCUT2D eigenvalue weighted by atomic mass is 19.4. The molecule has 1 aliphatic heterocycles. The summed E-state index contributed by atoms with van der Waals surface area (Å²) >= 11 is 0. The van der Waals surface area contributed by atoms with Crippen molar-refractivity contribution in [1.29, 1.82) is 0 Å². The second-order valence-electron chi connectivity index (χ2n) is 8.05. The fourth-order valence-electron chi connectivity index (χ4n) is 3.76. The van der Waals surface area contributed by atoms with Crippen LogP contribution in [0, 0.1) is 0 Å². The average Bonchev–Trinajstić information content (AvgIpc) is 3.31. The van der Waals surface area contributed by atoms with E-state index in [0.717, 1.165) is 35.1 Å². The van der Waals surface area contributed by atoms with E-state index in [4.69, 9.17) is 9.84 Å². The molecule has 0 saturated carbocycles. The van der Waals surface area contributed by atoms with Crippen molar-refractivity contribution in [3.8, 4) is 5.69 Å². The number of aromatic nitrogens is 3. The molecule has 1 saturated heterocycles. The number of carbonyl (C=O) groups is 1. The highest BCUT2D eigenvalue weighted by Crippen LogP contribution is 2.31. The fourth-order valence-corrected chi connectivity index (χ4v) is 3.76. The van der Waals surface area contributed by atoms with Crippen molar-refractivity contribution in [3.05, 3.63) is 71.6 Å². The zero-order valence-electron chi connectivity index (χ0n) is 18.9. The Hall–Kier alpha value is -3.86. The third-order valence-corrected chi connectivity index (χ3v) is 5.60. The summed E-state index contributed by atoms with van der Waals surface area (Å²) in [5, 5.41) is 20.6. The number of halogens is 3. The predicted molar refractivity (Wildman–Crippen MR) is 124 cm³/mol. The Morgan fingerprint density at radius 3 is 2.51 bits per heavy atom. The number of benzene rings is 2. The van der Waals surface area contributed by atoms with Gasteiger partial charge in [0.05, 0.1) is 42.9 Å². The SMILES string of the molecule is C/C(=C\C(=O)O)c1ccc(N2CCOCC2)c(-n2cc(CNc3ccc(C(F)(F)F)cc3)nn2)c1. The highest BCUT2D eigenvalue weighted by Gasteiger charge is 2.29. The van der Waals surface area contributed by atoms with Gasteiger partial charge in [-0.2, -0.15) is 13.2 Å². The van der Waals surface area contributed by atoms with Crippen LogP contribution in [0.15, 0.2) is 54.7 Å². The molecule has 0 bridgehead atoms. The molecule has 0 radical (unpaired) electrons. The molecule has 2 aromatic carbocycles. The Labute approximate surface area is 199 Å². The lowest BCUT2D eigenvalue weighted by atomic mass is 10.0. The minimum absolute atomic E-state index is 0.260. The molecule has 4 rings (SSSR count). The van der Waals surface area contributed by atoms with E-state index in [0.29, 0.717) is 43.3 Å². The predicted octanol–water partition coefficient (Wildman–Crippen LogP) is 4.22. The summed E-state index contributed by atoms with van der Waals surface area (Å²) in [7, 11) is 0. The van der Waals surface area contributed by atoms with Crippen molar-refractivity contribution in [2.45, 2.75) is 19.6 Å². The molecule has 0 spiro atoms. The molecule has 1 aromatic heterocycles. The normalized spacial score (nSPS) is 14.7. The molecule has 2 N–H and O–H groups in total. The number of hydrogen-bond donors (Lipinski definition) is 2. The summed E-state index contributed by atoms with van der Waals surface area (Å²) in [6, 6.07) is 10.4. The van der Waals surface area contributed by atoms with Crippen LogP contribution in [-0.2, 0) is 22.3 Å². The summed E-state index contributed by atoms with van der Waals surface area (Å²) in [4.78, 5) is 13.3. The highest BCUT2D eigenvalue weighted by molar-refractivity contribution is 5.90. The van der Waals surface area contributed by atoms with E-state index in [9.17, 15) is 18.0 Å². The standard InChI is InChI=1S/C24H24F3N5O3/c1-16(12-23(33)34)17-2-7-21(31-8-10-35-11-9-31)22(13-17)32-15-20(29-30-32)14-28-19-5-3-18(4-6-19)24(25,26)27/h2-7,12-13,15,28H,8-11,14H2,1H3,(H,33,34)/b16-12+. The molecule has 0 amide bonds. The number of ether oxygens (including phenoxy) is 1. The van der Waals surface area contributed by atoms with Crippen LogP contribution in [0.5, 0.6) is 0 Å². The maximum absolute atomic E-state index is 12.8. The van der Waals surface area contributed by atoms with Gasteiger partial charge in [-0.1, -0.05) is 11.3 Å².